The second-order valence-corrected chi connectivity index (χ2v) is 4.20. The van der Waals surface area contributed by atoms with Crippen LogP contribution in [-0.2, 0) is 4.79 Å². The zero-order valence-corrected chi connectivity index (χ0v) is 12.3. The van der Waals surface area contributed by atoms with E-state index in [1.807, 2.05) is 13.8 Å². The van der Waals surface area contributed by atoms with E-state index < -0.39 is 0 Å². The maximum Gasteiger partial charge on any atom is 0.321 e. The maximum absolute atomic E-state index is 11.9. The van der Waals surface area contributed by atoms with Gasteiger partial charge in [-0.3, -0.25) is 4.79 Å². The first-order valence-electron chi connectivity index (χ1n) is 6.53. The molecule has 0 atom stereocenters. The fourth-order valence-electron chi connectivity index (χ4n) is 1.78. The number of carbonyl (C=O) groups is 2. The van der Waals surface area contributed by atoms with Gasteiger partial charge in [-0.15, -0.1) is 0 Å². The first kappa shape index (κ1) is 15.8. The minimum atomic E-state index is -0.178. The summed E-state index contributed by atoms with van der Waals surface area (Å²) in [6.07, 6.45) is 0. The van der Waals surface area contributed by atoms with Crippen LogP contribution in [-0.4, -0.2) is 37.0 Å². The van der Waals surface area contributed by atoms with Gasteiger partial charge in [-0.05, 0) is 26.0 Å². The molecule has 0 bridgehead atoms. The Morgan fingerprint density at radius 3 is 2.35 bits per heavy atom. The van der Waals surface area contributed by atoms with E-state index in [1.165, 1.54) is 14.0 Å². The van der Waals surface area contributed by atoms with Crippen LogP contribution in [0, 0.1) is 0 Å². The highest BCUT2D eigenvalue weighted by atomic mass is 16.5. The van der Waals surface area contributed by atoms with Gasteiger partial charge in [-0.1, -0.05) is 0 Å². The summed E-state index contributed by atoms with van der Waals surface area (Å²) >= 11 is 0. The number of urea groups is 1. The maximum atomic E-state index is 11.9. The average Bonchev–Trinajstić information content (AvgIpc) is 2.41. The number of carbonyl (C=O) groups excluding carboxylic acids is 2. The highest BCUT2D eigenvalue weighted by Crippen LogP contribution is 2.28. The second kappa shape index (κ2) is 7.37. The Morgan fingerprint density at radius 1 is 1.20 bits per heavy atom. The van der Waals surface area contributed by atoms with Gasteiger partial charge < -0.3 is 20.3 Å². The molecule has 0 aromatic heterocycles. The van der Waals surface area contributed by atoms with Gasteiger partial charge in [0.05, 0.1) is 12.8 Å². The fraction of sp³-hybridized carbons (Fsp3) is 0.429. The molecule has 0 aliphatic heterocycles. The van der Waals surface area contributed by atoms with E-state index in [0.29, 0.717) is 30.2 Å². The van der Waals surface area contributed by atoms with Crippen molar-refractivity contribution in [3.05, 3.63) is 18.2 Å². The van der Waals surface area contributed by atoms with E-state index in [0.717, 1.165) is 0 Å². The van der Waals surface area contributed by atoms with Gasteiger partial charge in [0.2, 0.25) is 5.91 Å². The first-order chi connectivity index (χ1) is 9.51. The SMILES string of the molecule is CCN(CC)C(=O)Nc1ccc(NC(C)=O)c(OC)c1. The van der Waals surface area contributed by atoms with Crippen molar-refractivity contribution in [2.45, 2.75) is 20.8 Å². The van der Waals surface area contributed by atoms with Gasteiger partial charge >= 0.3 is 6.03 Å². The molecule has 20 heavy (non-hydrogen) atoms. The van der Waals surface area contributed by atoms with Gasteiger partial charge in [0, 0.05) is 31.8 Å². The molecule has 0 heterocycles. The third-order valence-corrected chi connectivity index (χ3v) is 2.81. The largest absolute Gasteiger partial charge is 0.494 e. The molecule has 0 unspecified atom stereocenters. The Morgan fingerprint density at radius 2 is 1.85 bits per heavy atom. The molecular formula is C14H21N3O3. The number of amides is 3. The summed E-state index contributed by atoms with van der Waals surface area (Å²) in [5.74, 6) is 0.320. The summed E-state index contributed by atoms with van der Waals surface area (Å²) < 4.78 is 5.20. The van der Waals surface area contributed by atoms with E-state index in [4.69, 9.17) is 4.74 Å². The van der Waals surface area contributed by atoms with Crippen molar-refractivity contribution in [1.29, 1.82) is 0 Å². The van der Waals surface area contributed by atoms with Crippen molar-refractivity contribution in [2.24, 2.45) is 0 Å². The van der Waals surface area contributed by atoms with Crippen LogP contribution in [0.5, 0.6) is 5.75 Å². The van der Waals surface area contributed by atoms with Crippen molar-refractivity contribution in [3.63, 3.8) is 0 Å². The third-order valence-electron chi connectivity index (χ3n) is 2.81. The molecule has 0 aliphatic rings. The van der Waals surface area contributed by atoms with Gasteiger partial charge in [0.1, 0.15) is 5.75 Å². The molecule has 1 aromatic carbocycles. The molecule has 0 aliphatic carbocycles. The molecule has 3 amide bonds. The lowest BCUT2D eigenvalue weighted by Crippen LogP contribution is -2.34. The number of methoxy groups -OCH3 is 1. The van der Waals surface area contributed by atoms with Crippen molar-refractivity contribution < 1.29 is 14.3 Å². The van der Waals surface area contributed by atoms with E-state index in [-0.39, 0.29) is 11.9 Å². The lowest BCUT2D eigenvalue weighted by atomic mass is 10.2. The number of hydrogen-bond acceptors (Lipinski definition) is 3. The molecule has 0 saturated carbocycles. The summed E-state index contributed by atoms with van der Waals surface area (Å²) in [7, 11) is 1.51. The van der Waals surface area contributed by atoms with Gasteiger partial charge in [0.25, 0.3) is 0 Å². The van der Waals surface area contributed by atoms with Crippen molar-refractivity contribution in [2.75, 3.05) is 30.8 Å². The predicted molar refractivity (Wildman–Crippen MR) is 79.2 cm³/mol. The van der Waals surface area contributed by atoms with Crippen LogP contribution in [0.2, 0.25) is 0 Å². The van der Waals surface area contributed by atoms with Crippen LogP contribution in [0.3, 0.4) is 0 Å². The standard InChI is InChI=1S/C14H21N3O3/c1-5-17(6-2)14(19)16-11-7-8-12(15-10(3)18)13(9-11)20-4/h7-9H,5-6H2,1-4H3,(H,15,18)(H,16,19). The Kier molecular flexibility index (Phi) is 5.83. The minimum absolute atomic E-state index is 0.163. The highest BCUT2D eigenvalue weighted by molar-refractivity contribution is 5.93. The van der Waals surface area contributed by atoms with E-state index >= 15 is 0 Å². The molecule has 110 valence electrons. The number of anilines is 2. The highest BCUT2D eigenvalue weighted by Gasteiger charge is 2.11. The second-order valence-electron chi connectivity index (χ2n) is 4.20. The average molecular weight is 279 g/mol. The minimum Gasteiger partial charge on any atom is -0.494 e. The third kappa shape index (κ3) is 4.15. The Balaban J connectivity index is 2.87. The quantitative estimate of drug-likeness (QED) is 0.870. The lowest BCUT2D eigenvalue weighted by Gasteiger charge is -2.19. The van der Waals surface area contributed by atoms with Crippen LogP contribution in [0.1, 0.15) is 20.8 Å². The van der Waals surface area contributed by atoms with Gasteiger partial charge in [-0.2, -0.15) is 0 Å². The lowest BCUT2D eigenvalue weighted by molar-refractivity contribution is -0.114. The summed E-state index contributed by atoms with van der Waals surface area (Å²) in [4.78, 5) is 24.7. The number of ether oxygens (including phenoxy) is 1. The van der Waals surface area contributed by atoms with E-state index in [2.05, 4.69) is 10.6 Å². The Labute approximate surface area is 119 Å². The molecular weight excluding hydrogens is 258 g/mol. The van der Waals surface area contributed by atoms with E-state index in [9.17, 15) is 9.59 Å². The number of hydrogen-bond donors (Lipinski definition) is 2. The molecule has 1 aromatic rings. The summed E-state index contributed by atoms with van der Waals surface area (Å²) in [6, 6.07) is 4.92. The predicted octanol–water partition coefficient (Wildman–Crippen LogP) is 2.53. The Bertz CT molecular complexity index is 485. The number of rotatable bonds is 5. The summed E-state index contributed by atoms with van der Waals surface area (Å²) in [5, 5.41) is 5.46. The summed E-state index contributed by atoms with van der Waals surface area (Å²) in [5.41, 5.74) is 1.19. The van der Waals surface area contributed by atoms with Crippen LogP contribution in [0.15, 0.2) is 18.2 Å². The molecule has 0 fully saturated rings. The van der Waals surface area contributed by atoms with Crippen LogP contribution >= 0.6 is 0 Å². The zero-order chi connectivity index (χ0) is 15.1. The molecule has 0 spiro atoms. The van der Waals surface area contributed by atoms with Crippen molar-refractivity contribution in [1.82, 2.24) is 4.90 Å². The van der Waals surface area contributed by atoms with Gasteiger partial charge in [0.15, 0.2) is 0 Å². The molecule has 1 rings (SSSR count). The smallest absolute Gasteiger partial charge is 0.321 e. The normalized spacial score (nSPS) is 9.80. The van der Waals surface area contributed by atoms with Crippen LogP contribution < -0.4 is 15.4 Å². The van der Waals surface area contributed by atoms with Crippen molar-refractivity contribution >= 4 is 23.3 Å². The molecule has 6 heteroatoms. The Hall–Kier alpha value is -2.24. The molecule has 0 saturated heterocycles. The molecule has 6 nitrogen and oxygen atoms in total. The molecule has 2 N–H and O–H groups in total. The van der Waals surface area contributed by atoms with E-state index in [1.54, 1.807) is 23.1 Å². The summed E-state index contributed by atoms with van der Waals surface area (Å²) in [6.45, 7) is 6.55. The van der Waals surface area contributed by atoms with Crippen LogP contribution in [0.25, 0.3) is 0 Å². The number of nitrogens with one attached hydrogen (secondary N) is 2. The zero-order valence-electron chi connectivity index (χ0n) is 12.3. The van der Waals surface area contributed by atoms with Gasteiger partial charge in [-0.25, -0.2) is 4.79 Å². The topological polar surface area (TPSA) is 70.7 Å². The fourth-order valence-corrected chi connectivity index (χ4v) is 1.78. The number of nitrogens with zero attached hydrogens (tertiary/aromatic N) is 1. The molecule has 0 radical (unpaired) electrons. The van der Waals surface area contributed by atoms with Crippen LogP contribution in [0.4, 0.5) is 16.2 Å². The van der Waals surface area contributed by atoms with Crippen molar-refractivity contribution in [3.8, 4) is 5.75 Å². The number of benzene rings is 1. The first-order valence-corrected chi connectivity index (χ1v) is 6.53. The monoisotopic (exact) mass is 279 g/mol.